The first-order valence-corrected chi connectivity index (χ1v) is 7.00. The molecule has 1 saturated carbocycles. The number of benzene rings is 1. The molecule has 2 atom stereocenters. The zero-order chi connectivity index (χ0) is 13.3. The summed E-state index contributed by atoms with van der Waals surface area (Å²) in [4.78, 5) is 0. The summed E-state index contributed by atoms with van der Waals surface area (Å²) in [7, 11) is 0. The van der Waals surface area contributed by atoms with Crippen LogP contribution in [0.5, 0.6) is 5.75 Å². The average molecular weight is 268 g/mol. The Morgan fingerprint density at radius 2 is 2.11 bits per heavy atom. The average Bonchev–Trinajstić information content (AvgIpc) is 2.27. The van der Waals surface area contributed by atoms with Crippen molar-refractivity contribution in [2.45, 2.75) is 46.1 Å². The number of rotatable bonds is 2. The topological polar surface area (TPSA) is 32.3 Å². The van der Waals surface area contributed by atoms with Crippen LogP contribution in [0, 0.1) is 11.3 Å². The monoisotopic (exact) mass is 267 g/mol. The second kappa shape index (κ2) is 5.00. The van der Waals surface area contributed by atoms with Gasteiger partial charge in [-0.3, -0.25) is 0 Å². The molecule has 18 heavy (non-hydrogen) atoms. The lowest BCUT2D eigenvalue weighted by atomic mass is 9.70. The number of hydrogen-bond donors (Lipinski definition) is 2. The van der Waals surface area contributed by atoms with Crippen molar-refractivity contribution in [3.05, 3.63) is 23.2 Å². The minimum Gasteiger partial charge on any atom is -0.506 e. The highest BCUT2D eigenvalue weighted by atomic mass is 35.5. The van der Waals surface area contributed by atoms with Crippen LogP contribution in [-0.4, -0.2) is 11.1 Å². The largest absolute Gasteiger partial charge is 0.506 e. The summed E-state index contributed by atoms with van der Waals surface area (Å²) < 4.78 is 0. The lowest BCUT2D eigenvalue weighted by Crippen LogP contribution is -2.36. The third-order valence-electron chi connectivity index (χ3n) is 3.99. The minimum atomic E-state index is 0.139. The first-order valence-electron chi connectivity index (χ1n) is 6.62. The normalized spacial score (nSPS) is 26.9. The molecule has 0 heterocycles. The number of anilines is 1. The molecule has 2 unspecified atom stereocenters. The van der Waals surface area contributed by atoms with Crippen LogP contribution in [0.1, 0.15) is 40.0 Å². The van der Waals surface area contributed by atoms with Crippen molar-refractivity contribution in [1.29, 1.82) is 0 Å². The van der Waals surface area contributed by atoms with Gasteiger partial charge in [0.15, 0.2) is 0 Å². The third-order valence-corrected chi connectivity index (χ3v) is 4.30. The predicted molar refractivity (Wildman–Crippen MR) is 77.3 cm³/mol. The molecule has 1 aliphatic rings. The first kappa shape index (κ1) is 13.5. The quantitative estimate of drug-likeness (QED) is 0.763. The van der Waals surface area contributed by atoms with Gasteiger partial charge in [0, 0.05) is 11.7 Å². The predicted octanol–water partition coefficient (Wildman–Crippen LogP) is 4.67. The highest BCUT2D eigenvalue weighted by Crippen LogP contribution is 2.39. The molecule has 3 heteroatoms. The van der Waals surface area contributed by atoms with Crippen LogP contribution in [-0.2, 0) is 0 Å². The van der Waals surface area contributed by atoms with Gasteiger partial charge in [-0.15, -0.1) is 0 Å². The Labute approximate surface area is 114 Å². The molecule has 2 rings (SSSR count). The van der Waals surface area contributed by atoms with Gasteiger partial charge in [0.2, 0.25) is 0 Å². The maximum Gasteiger partial charge on any atom is 0.134 e. The molecule has 0 aliphatic heterocycles. The standard InChI is InChI=1S/C15H22ClNO/c1-10-9-15(2,3)7-6-13(10)17-11-4-5-14(18)12(16)8-11/h4-5,8,10,13,17-18H,6-7,9H2,1-3H3. The Morgan fingerprint density at radius 1 is 1.39 bits per heavy atom. The zero-order valence-corrected chi connectivity index (χ0v) is 12.1. The van der Waals surface area contributed by atoms with E-state index in [0.717, 1.165) is 5.69 Å². The SMILES string of the molecule is CC1CC(C)(C)CCC1Nc1ccc(O)c(Cl)c1. The fourth-order valence-electron chi connectivity index (χ4n) is 2.97. The van der Waals surface area contributed by atoms with E-state index in [0.29, 0.717) is 22.4 Å². The number of halogens is 1. The van der Waals surface area contributed by atoms with Gasteiger partial charge in [-0.05, 0) is 48.8 Å². The minimum absolute atomic E-state index is 0.139. The van der Waals surface area contributed by atoms with Crippen LogP contribution < -0.4 is 5.32 Å². The molecule has 2 N–H and O–H groups in total. The smallest absolute Gasteiger partial charge is 0.134 e. The van der Waals surface area contributed by atoms with E-state index in [1.807, 2.05) is 6.07 Å². The third kappa shape index (κ3) is 3.11. The molecule has 0 amide bonds. The van der Waals surface area contributed by atoms with E-state index in [2.05, 4.69) is 26.1 Å². The zero-order valence-electron chi connectivity index (χ0n) is 11.3. The van der Waals surface area contributed by atoms with E-state index in [1.54, 1.807) is 12.1 Å². The van der Waals surface area contributed by atoms with Crippen LogP contribution in [0.4, 0.5) is 5.69 Å². The fraction of sp³-hybridized carbons (Fsp3) is 0.600. The van der Waals surface area contributed by atoms with E-state index in [1.165, 1.54) is 19.3 Å². The lowest BCUT2D eigenvalue weighted by molar-refractivity contribution is 0.177. The van der Waals surface area contributed by atoms with Crippen molar-refractivity contribution in [2.75, 3.05) is 5.32 Å². The molecule has 0 spiro atoms. The molecular formula is C15H22ClNO. The van der Waals surface area contributed by atoms with E-state index in [9.17, 15) is 5.11 Å². The first-order chi connectivity index (χ1) is 8.37. The van der Waals surface area contributed by atoms with Crippen LogP contribution >= 0.6 is 11.6 Å². The molecule has 1 aromatic carbocycles. The van der Waals surface area contributed by atoms with Gasteiger partial charge >= 0.3 is 0 Å². The summed E-state index contributed by atoms with van der Waals surface area (Å²) in [6.45, 7) is 6.99. The van der Waals surface area contributed by atoms with Gasteiger partial charge in [0.05, 0.1) is 5.02 Å². The number of aromatic hydroxyl groups is 1. The molecule has 0 radical (unpaired) electrons. The molecule has 0 saturated heterocycles. The number of phenolic OH excluding ortho intramolecular Hbond substituents is 1. The van der Waals surface area contributed by atoms with Gasteiger partial charge in [0.25, 0.3) is 0 Å². The summed E-state index contributed by atoms with van der Waals surface area (Å²) >= 11 is 5.92. The molecule has 0 bridgehead atoms. The summed E-state index contributed by atoms with van der Waals surface area (Å²) in [6, 6.07) is 5.82. The number of phenols is 1. The van der Waals surface area contributed by atoms with E-state index < -0.39 is 0 Å². The van der Waals surface area contributed by atoms with Crippen molar-refractivity contribution >= 4 is 17.3 Å². The summed E-state index contributed by atoms with van der Waals surface area (Å²) in [6.07, 6.45) is 3.68. The molecule has 1 fully saturated rings. The fourth-order valence-corrected chi connectivity index (χ4v) is 3.15. The molecule has 100 valence electrons. The van der Waals surface area contributed by atoms with E-state index >= 15 is 0 Å². The Hall–Kier alpha value is -0.890. The molecule has 1 aromatic rings. The van der Waals surface area contributed by atoms with Crippen LogP contribution in [0.15, 0.2) is 18.2 Å². The van der Waals surface area contributed by atoms with Crippen LogP contribution in [0.3, 0.4) is 0 Å². The highest BCUT2D eigenvalue weighted by Gasteiger charge is 2.32. The van der Waals surface area contributed by atoms with E-state index in [4.69, 9.17) is 11.6 Å². The van der Waals surface area contributed by atoms with Gasteiger partial charge in [-0.1, -0.05) is 32.4 Å². The maximum atomic E-state index is 9.41. The molecular weight excluding hydrogens is 246 g/mol. The Balaban J connectivity index is 2.03. The molecule has 0 aromatic heterocycles. The van der Waals surface area contributed by atoms with Crippen molar-refractivity contribution in [1.82, 2.24) is 0 Å². The van der Waals surface area contributed by atoms with Crippen LogP contribution in [0.25, 0.3) is 0 Å². The summed E-state index contributed by atoms with van der Waals surface area (Å²) in [5, 5.41) is 13.4. The van der Waals surface area contributed by atoms with Gasteiger partial charge in [0.1, 0.15) is 5.75 Å². The second-order valence-electron chi connectivity index (χ2n) is 6.30. The Morgan fingerprint density at radius 3 is 2.72 bits per heavy atom. The highest BCUT2D eigenvalue weighted by molar-refractivity contribution is 6.32. The van der Waals surface area contributed by atoms with Crippen molar-refractivity contribution in [3.8, 4) is 5.75 Å². The molecule has 2 nitrogen and oxygen atoms in total. The van der Waals surface area contributed by atoms with Gasteiger partial charge in [-0.2, -0.15) is 0 Å². The Bertz CT molecular complexity index is 431. The van der Waals surface area contributed by atoms with Gasteiger partial charge in [-0.25, -0.2) is 0 Å². The lowest BCUT2D eigenvalue weighted by Gasteiger charge is -2.40. The maximum absolute atomic E-state index is 9.41. The second-order valence-corrected chi connectivity index (χ2v) is 6.71. The van der Waals surface area contributed by atoms with Crippen LogP contribution in [0.2, 0.25) is 5.02 Å². The summed E-state index contributed by atoms with van der Waals surface area (Å²) in [5.41, 5.74) is 1.46. The summed E-state index contributed by atoms with van der Waals surface area (Å²) in [5.74, 6) is 0.793. The van der Waals surface area contributed by atoms with Gasteiger partial charge < -0.3 is 10.4 Å². The van der Waals surface area contributed by atoms with E-state index in [-0.39, 0.29) is 5.75 Å². The van der Waals surface area contributed by atoms with Crippen molar-refractivity contribution < 1.29 is 5.11 Å². The van der Waals surface area contributed by atoms with Crippen molar-refractivity contribution in [3.63, 3.8) is 0 Å². The molecule has 1 aliphatic carbocycles. The number of hydrogen-bond acceptors (Lipinski definition) is 2. The Kier molecular flexibility index (Phi) is 3.76. The van der Waals surface area contributed by atoms with Crippen molar-refractivity contribution in [2.24, 2.45) is 11.3 Å². The number of nitrogens with one attached hydrogen (secondary N) is 1.